The number of aliphatic hydroxyl groups excluding tert-OH is 1. The van der Waals surface area contributed by atoms with E-state index in [1.165, 1.54) is 0 Å². The summed E-state index contributed by atoms with van der Waals surface area (Å²) in [7, 11) is 0. The first-order chi connectivity index (χ1) is 10.7. The lowest BCUT2D eigenvalue weighted by atomic mass is 9.90. The number of aliphatic hydroxyl groups is 1. The number of fused-ring (bicyclic) bond motifs is 1. The zero-order valence-corrected chi connectivity index (χ0v) is 13.4. The van der Waals surface area contributed by atoms with E-state index in [4.69, 9.17) is 9.84 Å². The van der Waals surface area contributed by atoms with Crippen LogP contribution in [0.4, 0.5) is 0 Å². The summed E-state index contributed by atoms with van der Waals surface area (Å²) in [5.74, 6) is 1.63. The van der Waals surface area contributed by atoms with Gasteiger partial charge in [0.15, 0.2) is 0 Å². The average molecular weight is 305 g/mol. The molecule has 0 aromatic heterocycles. The quantitative estimate of drug-likeness (QED) is 0.776. The standard InChI is InChI=1S/C18H27NO3/c1-2-5-14(8-10-20)13-19-18(21)12-15-9-11-22-17-7-4-3-6-16(15)17/h3-4,6-7,14-15,20H,2,5,8-13H2,1H3,(H,19,21). The van der Waals surface area contributed by atoms with Crippen molar-refractivity contribution in [2.45, 2.75) is 44.9 Å². The first-order valence-corrected chi connectivity index (χ1v) is 8.33. The number of hydrogen-bond acceptors (Lipinski definition) is 3. The predicted molar refractivity (Wildman–Crippen MR) is 87.0 cm³/mol. The Labute approximate surface area is 132 Å². The Morgan fingerprint density at radius 2 is 2.23 bits per heavy atom. The van der Waals surface area contributed by atoms with Gasteiger partial charge in [-0.2, -0.15) is 0 Å². The molecule has 0 spiro atoms. The molecule has 122 valence electrons. The lowest BCUT2D eigenvalue weighted by Crippen LogP contribution is -2.31. The fourth-order valence-corrected chi connectivity index (χ4v) is 3.12. The van der Waals surface area contributed by atoms with E-state index >= 15 is 0 Å². The van der Waals surface area contributed by atoms with Crippen LogP contribution in [0.3, 0.4) is 0 Å². The average Bonchev–Trinajstić information content (AvgIpc) is 2.53. The molecule has 2 rings (SSSR count). The number of benzene rings is 1. The molecular formula is C18H27NO3. The van der Waals surface area contributed by atoms with Crippen LogP contribution in [-0.4, -0.2) is 30.8 Å². The molecule has 2 unspecified atom stereocenters. The van der Waals surface area contributed by atoms with Crippen LogP contribution < -0.4 is 10.1 Å². The highest BCUT2D eigenvalue weighted by molar-refractivity contribution is 5.77. The van der Waals surface area contributed by atoms with Crippen LogP contribution in [-0.2, 0) is 4.79 Å². The van der Waals surface area contributed by atoms with E-state index in [0.29, 0.717) is 25.5 Å². The molecule has 0 radical (unpaired) electrons. The molecule has 22 heavy (non-hydrogen) atoms. The Morgan fingerprint density at radius 1 is 1.41 bits per heavy atom. The SMILES string of the molecule is CCCC(CCO)CNC(=O)CC1CCOc2ccccc21. The summed E-state index contributed by atoms with van der Waals surface area (Å²) in [4.78, 5) is 12.2. The molecule has 1 aliphatic heterocycles. The van der Waals surface area contributed by atoms with Crippen molar-refractivity contribution in [1.82, 2.24) is 5.32 Å². The zero-order chi connectivity index (χ0) is 15.8. The molecule has 0 aliphatic carbocycles. The van der Waals surface area contributed by atoms with Crippen LogP contribution in [0, 0.1) is 5.92 Å². The molecule has 4 heteroatoms. The topological polar surface area (TPSA) is 58.6 Å². The third-order valence-corrected chi connectivity index (χ3v) is 4.34. The lowest BCUT2D eigenvalue weighted by molar-refractivity contribution is -0.121. The maximum Gasteiger partial charge on any atom is 0.220 e. The zero-order valence-electron chi connectivity index (χ0n) is 13.4. The molecule has 1 aromatic carbocycles. The molecule has 0 saturated carbocycles. The largest absolute Gasteiger partial charge is 0.493 e. The highest BCUT2D eigenvalue weighted by atomic mass is 16.5. The number of rotatable bonds is 8. The Balaban J connectivity index is 1.85. The van der Waals surface area contributed by atoms with Gasteiger partial charge in [0.2, 0.25) is 5.91 Å². The Morgan fingerprint density at radius 3 is 3.00 bits per heavy atom. The highest BCUT2D eigenvalue weighted by Gasteiger charge is 2.23. The number of nitrogens with one attached hydrogen (secondary N) is 1. The molecule has 0 saturated heterocycles. The van der Waals surface area contributed by atoms with E-state index in [1.54, 1.807) is 0 Å². The molecule has 1 heterocycles. The van der Waals surface area contributed by atoms with Crippen LogP contribution in [0.5, 0.6) is 5.75 Å². The van der Waals surface area contributed by atoms with Gasteiger partial charge in [-0.25, -0.2) is 0 Å². The number of hydrogen-bond donors (Lipinski definition) is 2. The van der Waals surface area contributed by atoms with Crippen molar-refractivity contribution in [1.29, 1.82) is 0 Å². The minimum Gasteiger partial charge on any atom is -0.493 e. The smallest absolute Gasteiger partial charge is 0.220 e. The van der Waals surface area contributed by atoms with E-state index in [9.17, 15) is 4.79 Å². The monoisotopic (exact) mass is 305 g/mol. The van der Waals surface area contributed by atoms with E-state index < -0.39 is 0 Å². The normalized spacial score (nSPS) is 18.2. The van der Waals surface area contributed by atoms with Gasteiger partial charge in [-0.15, -0.1) is 0 Å². The molecule has 2 atom stereocenters. The van der Waals surface area contributed by atoms with Crippen LogP contribution in [0.1, 0.15) is 50.5 Å². The van der Waals surface area contributed by atoms with Gasteiger partial charge in [-0.1, -0.05) is 31.5 Å². The second-order valence-corrected chi connectivity index (χ2v) is 6.05. The maximum absolute atomic E-state index is 12.2. The number of amides is 1. The summed E-state index contributed by atoms with van der Waals surface area (Å²) in [6.07, 6.45) is 4.28. The molecule has 1 amide bonds. The van der Waals surface area contributed by atoms with Crippen LogP contribution in [0.15, 0.2) is 24.3 Å². The van der Waals surface area contributed by atoms with Gasteiger partial charge in [0.05, 0.1) is 6.61 Å². The fraction of sp³-hybridized carbons (Fsp3) is 0.611. The van der Waals surface area contributed by atoms with E-state index in [1.807, 2.05) is 18.2 Å². The number of ether oxygens (including phenoxy) is 1. The summed E-state index contributed by atoms with van der Waals surface area (Å²) in [6.45, 7) is 3.66. The van der Waals surface area contributed by atoms with Gasteiger partial charge in [-0.3, -0.25) is 4.79 Å². The maximum atomic E-state index is 12.2. The van der Waals surface area contributed by atoms with Gasteiger partial charge in [0.25, 0.3) is 0 Å². The molecule has 1 aliphatic rings. The van der Waals surface area contributed by atoms with Crippen molar-refractivity contribution in [3.05, 3.63) is 29.8 Å². The summed E-state index contributed by atoms with van der Waals surface area (Å²) < 4.78 is 5.64. The fourth-order valence-electron chi connectivity index (χ4n) is 3.12. The summed E-state index contributed by atoms with van der Waals surface area (Å²) in [5.41, 5.74) is 1.14. The number of carbonyl (C=O) groups is 1. The van der Waals surface area contributed by atoms with E-state index in [2.05, 4.69) is 18.3 Å². The minimum atomic E-state index is 0.0979. The van der Waals surface area contributed by atoms with Crippen molar-refractivity contribution in [3.8, 4) is 5.75 Å². The predicted octanol–water partition coefficient (Wildman–Crippen LogP) is 2.86. The summed E-state index contributed by atoms with van der Waals surface area (Å²) in [6, 6.07) is 7.98. The van der Waals surface area contributed by atoms with Gasteiger partial charge >= 0.3 is 0 Å². The third-order valence-electron chi connectivity index (χ3n) is 4.34. The Kier molecular flexibility index (Phi) is 6.72. The minimum absolute atomic E-state index is 0.0979. The second-order valence-electron chi connectivity index (χ2n) is 6.05. The van der Waals surface area contributed by atoms with Gasteiger partial charge in [-0.05, 0) is 42.7 Å². The van der Waals surface area contributed by atoms with E-state index in [-0.39, 0.29) is 18.4 Å². The summed E-state index contributed by atoms with van der Waals surface area (Å²) in [5, 5.41) is 12.1. The van der Waals surface area contributed by atoms with Gasteiger partial charge < -0.3 is 15.2 Å². The second kappa shape index (κ2) is 8.79. The van der Waals surface area contributed by atoms with Gasteiger partial charge in [0, 0.05) is 19.6 Å². The van der Waals surface area contributed by atoms with Gasteiger partial charge in [0.1, 0.15) is 5.75 Å². The first-order valence-electron chi connectivity index (χ1n) is 8.33. The van der Waals surface area contributed by atoms with Crippen LogP contribution >= 0.6 is 0 Å². The third kappa shape index (κ3) is 4.73. The first kappa shape index (κ1) is 16.8. The number of carbonyl (C=O) groups excluding carboxylic acids is 1. The molecule has 0 fully saturated rings. The van der Waals surface area contributed by atoms with Crippen molar-refractivity contribution < 1.29 is 14.6 Å². The van der Waals surface area contributed by atoms with Crippen molar-refractivity contribution in [3.63, 3.8) is 0 Å². The van der Waals surface area contributed by atoms with Crippen molar-refractivity contribution in [2.75, 3.05) is 19.8 Å². The van der Waals surface area contributed by atoms with Crippen LogP contribution in [0.2, 0.25) is 0 Å². The molecule has 1 aromatic rings. The molecule has 0 bridgehead atoms. The van der Waals surface area contributed by atoms with E-state index in [0.717, 1.165) is 37.0 Å². The number of para-hydroxylation sites is 1. The molecule has 4 nitrogen and oxygen atoms in total. The highest BCUT2D eigenvalue weighted by Crippen LogP contribution is 2.35. The lowest BCUT2D eigenvalue weighted by Gasteiger charge is -2.25. The van der Waals surface area contributed by atoms with Crippen LogP contribution in [0.25, 0.3) is 0 Å². The van der Waals surface area contributed by atoms with Crippen molar-refractivity contribution >= 4 is 5.91 Å². The summed E-state index contributed by atoms with van der Waals surface area (Å²) >= 11 is 0. The molecular weight excluding hydrogens is 278 g/mol. The Hall–Kier alpha value is -1.55. The Bertz CT molecular complexity index is 469. The van der Waals surface area contributed by atoms with Crippen molar-refractivity contribution in [2.24, 2.45) is 5.92 Å². The molecule has 2 N–H and O–H groups in total.